The van der Waals surface area contributed by atoms with E-state index in [2.05, 4.69) is 5.32 Å². The maximum absolute atomic E-state index is 11.7. The summed E-state index contributed by atoms with van der Waals surface area (Å²) in [6, 6.07) is 1.70. The minimum atomic E-state index is -0.0744. The Morgan fingerprint density at radius 2 is 2.25 bits per heavy atom. The zero-order valence-corrected chi connectivity index (χ0v) is 9.66. The Labute approximate surface area is 95.7 Å². The van der Waals surface area contributed by atoms with Crippen LogP contribution in [0.5, 0.6) is 0 Å². The number of aryl methyl sites for hydroxylation is 1. The minimum absolute atomic E-state index is 0.0744. The molecular formula is C12H19NO3. The van der Waals surface area contributed by atoms with E-state index in [1.165, 1.54) is 0 Å². The monoisotopic (exact) mass is 225 g/mol. The summed E-state index contributed by atoms with van der Waals surface area (Å²) >= 11 is 0. The van der Waals surface area contributed by atoms with Gasteiger partial charge in [-0.05, 0) is 25.3 Å². The summed E-state index contributed by atoms with van der Waals surface area (Å²) in [7, 11) is 0. The molecule has 4 heteroatoms. The second-order valence-electron chi connectivity index (χ2n) is 3.65. The third kappa shape index (κ3) is 3.70. The molecular weight excluding hydrogens is 206 g/mol. The molecule has 0 aliphatic carbocycles. The molecule has 0 spiro atoms. The highest BCUT2D eigenvalue weighted by Crippen LogP contribution is 2.10. The highest BCUT2D eigenvalue weighted by Gasteiger charge is 2.11. The van der Waals surface area contributed by atoms with Gasteiger partial charge in [-0.2, -0.15) is 0 Å². The molecule has 0 aliphatic heterocycles. The molecule has 0 saturated carbocycles. The molecule has 0 radical (unpaired) electrons. The predicted octanol–water partition coefficient (Wildman–Crippen LogP) is 1.73. The normalized spacial score (nSPS) is 10.4. The van der Waals surface area contributed by atoms with Gasteiger partial charge >= 0.3 is 0 Å². The first-order valence-electron chi connectivity index (χ1n) is 5.75. The Kier molecular flexibility index (Phi) is 5.64. The molecule has 0 bridgehead atoms. The van der Waals surface area contributed by atoms with Crippen molar-refractivity contribution in [2.75, 3.05) is 13.2 Å². The van der Waals surface area contributed by atoms with Gasteiger partial charge in [0.25, 0.3) is 5.91 Å². The average molecular weight is 225 g/mol. The lowest BCUT2D eigenvalue weighted by atomic mass is 10.2. The van der Waals surface area contributed by atoms with Crippen LogP contribution in [-0.4, -0.2) is 24.2 Å². The number of hydrogen-bond donors (Lipinski definition) is 2. The zero-order valence-electron chi connectivity index (χ0n) is 9.66. The molecule has 1 aromatic rings. The van der Waals surface area contributed by atoms with E-state index in [0.29, 0.717) is 12.1 Å². The Balaban J connectivity index is 2.30. The molecule has 4 nitrogen and oxygen atoms in total. The molecule has 0 unspecified atom stereocenters. The number of furan rings is 1. The minimum Gasteiger partial charge on any atom is -0.469 e. The molecule has 2 N–H and O–H groups in total. The number of hydrogen-bond acceptors (Lipinski definition) is 3. The molecule has 90 valence electrons. The number of carbonyl (C=O) groups excluding carboxylic acids is 1. The second-order valence-corrected chi connectivity index (χ2v) is 3.65. The van der Waals surface area contributed by atoms with E-state index in [1.54, 1.807) is 12.3 Å². The Morgan fingerprint density at radius 1 is 1.44 bits per heavy atom. The van der Waals surface area contributed by atoms with Crippen LogP contribution < -0.4 is 5.32 Å². The van der Waals surface area contributed by atoms with Crippen LogP contribution in [0.15, 0.2) is 16.7 Å². The van der Waals surface area contributed by atoms with Gasteiger partial charge in [0.05, 0.1) is 11.8 Å². The summed E-state index contributed by atoms with van der Waals surface area (Å²) in [5.41, 5.74) is 0.629. The van der Waals surface area contributed by atoms with E-state index in [9.17, 15) is 4.79 Å². The number of aliphatic hydroxyl groups excluding tert-OH is 1. The van der Waals surface area contributed by atoms with Crippen molar-refractivity contribution >= 4 is 5.91 Å². The molecule has 1 amide bonds. The van der Waals surface area contributed by atoms with E-state index < -0.39 is 0 Å². The first-order chi connectivity index (χ1) is 7.79. The van der Waals surface area contributed by atoms with Gasteiger partial charge in [0.15, 0.2) is 0 Å². The summed E-state index contributed by atoms with van der Waals surface area (Å²) in [5, 5.41) is 11.4. The third-order valence-corrected chi connectivity index (χ3v) is 2.43. The van der Waals surface area contributed by atoms with Crippen LogP contribution in [0.1, 0.15) is 42.3 Å². The fourth-order valence-corrected chi connectivity index (χ4v) is 1.53. The summed E-state index contributed by atoms with van der Waals surface area (Å²) in [4.78, 5) is 11.7. The van der Waals surface area contributed by atoms with Crippen LogP contribution in [-0.2, 0) is 6.42 Å². The highest BCUT2D eigenvalue weighted by atomic mass is 16.3. The van der Waals surface area contributed by atoms with Gasteiger partial charge in [0.1, 0.15) is 5.76 Å². The van der Waals surface area contributed by atoms with Crippen molar-refractivity contribution in [1.29, 1.82) is 0 Å². The number of unbranched alkanes of at least 4 members (excludes halogenated alkanes) is 2. The van der Waals surface area contributed by atoms with E-state index in [4.69, 9.17) is 9.52 Å². The second kappa shape index (κ2) is 7.06. The van der Waals surface area contributed by atoms with E-state index in [1.807, 2.05) is 6.92 Å². The standard InChI is InChI=1S/C12H19NO3/c1-2-11-10(6-9-16-11)12(15)13-7-4-3-5-8-14/h6,9,14H,2-5,7-8H2,1H3,(H,13,15). The molecule has 0 atom stereocenters. The lowest BCUT2D eigenvalue weighted by molar-refractivity contribution is 0.0951. The fourth-order valence-electron chi connectivity index (χ4n) is 1.53. The van der Waals surface area contributed by atoms with Gasteiger partial charge in [-0.1, -0.05) is 6.92 Å². The van der Waals surface area contributed by atoms with Crippen molar-refractivity contribution in [2.45, 2.75) is 32.6 Å². The van der Waals surface area contributed by atoms with Gasteiger partial charge in [-0.15, -0.1) is 0 Å². The van der Waals surface area contributed by atoms with Crippen molar-refractivity contribution in [3.63, 3.8) is 0 Å². The summed E-state index contributed by atoms with van der Waals surface area (Å²) in [6.07, 6.45) is 4.88. The SMILES string of the molecule is CCc1occc1C(=O)NCCCCCO. The molecule has 0 fully saturated rings. The summed E-state index contributed by atoms with van der Waals surface area (Å²) in [5.74, 6) is 0.655. The van der Waals surface area contributed by atoms with E-state index in [0.717, 1.165) is 31.4 Å². The van der Waals surface area contributed by atoms with Crippen molar-refractivity contribution < 1.29 is 14.3 Å². The van der Waals surface area contributed by atoms with Crippen LogP contribution in [0.4, 0.5) is 0 Å². The molecule has 0 aliphatic rings. The van der Waals surface area contributed by atoms with Crippen LogP contribution in [0.2, 0.25) is 0 Å². The Morgan fingerprint density at radius 3 is 2.94 bits per heavy atom. The van der Waals surface area contributed by atoms with Crippen molar-refractivity contribution in [3.8, 4) is 0 Å². The molecule has 1 aromatic heterocycles. The van der Waals surface area contributed by atoms with Gasteiger partial charge < -0.3 is 14.8 Å². The van der Waals surface area contributed by atoms with Crippen molar-refractivity contribution in [3.05, 3.63) is 23.7 Å². The summed E-state index contributed by atoms with van der Waals surface area (Å²) in [6.45, 7) is 2.82. The first kappa shape index (κ1) is 12.8. The average Bonchev–Trinajstić information content (AvgIpc) is 2.76. The molecule has 0 saturated heterocycles. The number of rotatable bonds is 7. The lowest BCUT2D eigenvalue weighted by Gasteiger charge is -2.04. The van der Waals surface area contributed by atoms with Gasteiger partial charge in [0.2, 0.25) is 0 Å². The predicted molar refractivity (Wildman–Crippen MR) is 61.4 cm³/mol. The van der Waals surface area contributed by atoms with Crippen LogP contribution >= 0.6 is 0 Å². The number of nitrogens with one attached hydrogen (secondary N) is 1. The molecule has 1 rings (SSSR count). The number of carbonyl (C=O) groups is 1. The Bertz CT molecular complexity index is 320. The summed E-state index contributed by atoms with van der Waals surface area (Å²) < 4.78 is 5.19. The maximum Gasteiger partial charge on any atom is 0.254 e. The molecule has 16 heavy (non-hydrogen) atoms. The quantitative estimate of drug-likeness (QED) is 0.695. The molecule has 1 heterocycles. The zero-order chi connectivity index (χ0) is 11.8. The highest BCUT2D eigenvalue weighted by molar-refractivity contribution is 5.95. The molecule has 0 aromatic carbocycles. The van der Waals surface area contributed by atoms with Crippen LogP contribution in [0.25, 0.3) is 0 Å². The number of aliphatic hydroxyl groups is 1. The van der Waals surface area contributed by atoms with Crippen molar-refractivity contribution in [1.82, 2.24) is 5.32 Å². The van der Waals surface area contributed by atoms with E-state index in [-0.39, 0.29) is 12.5 Å². The smallest absolute Gasteiger partial charge is 0.254 e. The van der Waals surface area contributed by atoms with Crippen molar-refractivity contribution in [2.24, 2.45) is 0 Å². The largest absolute Gasteiger partial charge is 0.469 e. The fraction of sp³-hybridized carbons (Fsp3) is 0.583. The van der Waals surface area contributed by atoms with Gasteiger partial charge in [-0.3, -0.25) is 4.79 Å². The Hall–Kier alpha value is -1.29. The first-order valence-corrected chi connectivity index (χ1v) is 5.75. The van der Waals surface area contributed by atoms with E-state index >= 15 is 0 Å². The van der Waals surface area contributed by atoms with Crippen LogP contribution in [0, 0.1) is 0 Å². The third-order valence-electron chi connectivity index (χ3n) is 2.43. The van der Waals surface area contributed by atoms with Crippen LogP contribution in [0.3, 0.4) is 0 Å². The maximum atomic E-state index is 11.7. The van der Waals surface area contributed by atoms with Gasteiger partial charge in [-0.25, -0.2) is 0 Å². The topological polar surface area (TPSA) is 62.5 Å². The number of amides is 1. The van der Waals surface area contributed by atoms with Gasteiger partial charge in [0, 0.05) is 19.6 Å². The lowest BCUT2D eigenvalue weighted by Crippen LogP contribution is -2.24.